The van der Waals surface area contributed by atoms with Crippen molar-refractivity contribution in [1.82, 2.24) is 4.72 Å². The van der Waals surface area contributed by atoms with Crippen molar-refractivity contribution in [2.45, 2.75) is 30.9 Å². The standard InChI is InChI=1S/C12H14N2O6S/c1-7-8(2)20-12(15)11(7)13-21(18,19)10-6-4-3-5-9(10)14(16)17/h3-8,11,13H,1-2H3/t7-,8-,11-/m0/s1. The number of esters is 1. The molecule has 2 rings (SSSR count). The summed E-state index contributed by atoms with van der Waals surface area (Å²) in [7, 11) is -4.20. The van der Waals surface area contributed by atoms with Gasteiger partial charge in [-0.3, -0.25) is 14.9 Å². The molecule has 0 bridgehead atoms. The van der Waals surface area contributed by atoms with Gasteiger partial charge in [0.15, 0.2) is 4.90 Å². The van der Waals surface area contributed by atoms with Gasteiger partial charge in [0.1, 0.15) is 12.1 Å². The Balaban J connectivity index is 2.36. The van der Waals surface area contributed by atoms with Gasteiger partial charge in [-0.1, -0.05) is 19.1 Å². The average Bonchev–Trinajstić information content (AvgIpc) is 2.65. The summed E-state index contributed by atoms with van der Waals surface area (Å²) in [6.07, 6.45) is -0.420. The quantitative estimate of drug-likeness (QED) is 0.500. The summed E-state index contributed by atoms with van der Waals surface area (Å²) in [6.45, 7) is 3.32. The highest BCUT2D eigenvalue weighted by Gasteiger charge is 2.42. The zero-order chi connectivity index (χ0) is 15.8. The Labute approximate surface area is 121 Å². The number of carbonyl (C=O) groups is 1. The van der Waals surface area contributed by atoms with Crippen LogP contribution < -0.4 is 4.72 Å². The predicted octanol–water partition coefficient (Wildman–Crippen LogP) is 0.823. The van der Waals surface area contributed by atoms with E-state index in [1.807, 2.05) is 0 Å². The minimum absolute atomic E-state index is 0.366. The molecule has 21 heavy (non-hydrogen) atoms. The van der Waals surface area contributed by atoms with Gasteiger partial charge in [-0.2, -0.15) is 4.72 Å². The molecule has 1 aliphatic heterocycles. The molecule has 1 N–H and O–H groups in total. The summed E-state index contributed by atoms with van der Waals surface area (Å²) in [5, 5.41) is 10.9. The van der Waals surface area contributed by atoms with Crippen molar-refractivity contribution in [2.75, 3.05) is 0 Å². The van der Waals surface area contributed by atoms with Gasteiger partial charge in [-0.15, -0.1) is 0 Å². The highest BCUT2D eigenvalue weighted by Crippen LogP contribution is 2.27. The molecule has 0 radical (unpaired) electrons. The summed E-state index contributed by atoms with van der Waals surface area (Å²) in [5.74, 6) is -1.05. The van der Waals surface area contributed by atoms with E-state index in [1.165, 1.54) is 12.1 Å². The molecule has 0 unspecified atom stereocenters. The Kier molecular flexibility index (Phi) is 3.97. The van der Waals surface area contributed by atoms with E-state index in [1.54, 1.807) is 13.8 Å². The number of ether oxygens (including phenoxy) is 1. The van der Waals surface area contributed by atoms with Gasteiger partial charge in [0.2, 0.25) is 10.0 Å². The van der Waals surface area contributed by atoms with Gasteiger partial charge in [0, 0.05) is 12.0 Å². The molecule has 1 aliphatic rings. The zero-order valence-electron chi connectivity index (χ0n) is 11.3. The molecule has 114 valence electrons. The molecule has 1 aromatic rings. The Morgan fingerprint density at radius 2 is 1.90 bits per heavy atom. The van der Waals surface area contributed by atoms with E-state index >= 15 is 0 Å². The number of carbonyl (C=O) groups excluding carboxylic acids is 1. The van der Waals surface area contributed by atoms with Crippen molar-refractivity contribution >= 4 is 21.7 Å². The summed E-state index contributed by atoms with van der Waals surface area (Å²) < 4.78 is 31.7. The lowest BCUT2D eigenvalue weighted by atomic mass is 10.0. The van der Waals surface area contributed by atoms with Crippen LogP contribution in [-0.4, -0.2) is 31.5 Å². The molecule has 1 heterocycles. The highest BCUT2D eigenvalue weighted by molar-refractivity contribution is 7.89. The number of hydrogen-bond donors (Lipinski definition) is 1. The number of nitro groups is 1. The van der Waals surface area contributed by atoms with E-state index in [4.69, 9.17) is 4.74 Å². The maximum absolute atomic E-state index is 12.3. The van der Waals surface area contributed by atoms with Crippen LogP contribution in [0.3, 0.4) is 0 Å². The van der Waals surface area contributed by atoms with Crippen LogP contribution in [0.5, 0.6) is 0 Å². The second-order valence-corrected chi connectivity index (χ2v) is 6.51. The third-order valence-electron chi connectivity index (χ3n) is 3.46. The number of hydrogen-bond acceptors (Lipinski definition) is 6. The fourth-order valence-electron chi connectivity index (χ4n) is 2.07. The third-order valence-corrected chi connectivity index (χ3v) is 4.94. The normalized spacial score (nSPS) is 25.6. The topological polar surface area (TPSA) is 116 Å². The Hall–Kier alpha value is -2.00. The van der Waals surface area contributed by atoms with E-state index in [-0.39, 0.29) is 5.92 Å². The van der Waals surface area contributed by atoms with Gasteiger partial charge < -0.3 is 4.74 Å². The zero-order valence-corrected chi connectivity index (χ0v) is 12.2. The first-order valence-electron chi connectivity index (χ1n) is 6.20. The van der Waals surface area contributed by atoms with Gasteiger partial charge in [-0.05, 0) is 13.0 Å². The second kappa shape index (κ2) is 5.41. The van der Waals surface area contributed by atoms with Crippen molar-refractivity contribution in [3.8, 4) is 0 Å². The van der Waals surface area contributed by atoms with Crippen LogP contribution in [0.4, 0.5) is 5.69 Å². The van der Waals surface area contributed by atoms with Crippen molar-refractivity contribution in [1.29, 1.82) is 0 Å². The number of benzene rings is 1. The molecular formula is C12H14N2O6S. The molecule has 1 aromatic carbocycles. The van der Waals surface area contributed by atoms with E-state index in [9.17, 15) is 23.3 Å². The molecular weight excluding hydrogens is 300 g/mol. The van der Waals surface area contributed by atoms with Crippen molar-refractivity contribution in [2.24, 2.45) is 5.92 Å². The van der Waals surface area contributed by atoms with Crippen LogP contribution in [0.25, 0.3) is 0 Å². The number of nitrogens with zero attached hydrogens (tertiary/aromatic N) is 1. The van der Waals surface area contributed by atoms with E-state index in [0.717, 1.165) is 12.1 Å². The third kappa shape index (κ3) is 2.88. The van der Waals surface area contributed by atoms with Crippen LogP contribution in [0.1, 0.15) is 13.8 Å². The maximum atomic E-state index is 12.3. The minimum atomic E-state index is -4.20. The molecule has 0 saturated carbocycles. The Morgan fingerprint density at radius 1 is 1.29 bits per heavy atom. The lowest BCUT2D eigenvalue weighted by molar-refractivity contribution is -0.387. The summed E-state index contributed by atoms with van der Waals surface area (Å²) in [4.78, 5) is 21.3. The fraction of sp³-hybridized carbons (Fsp3) is 0.417. The van der Waals surface area contributed by atoms with Crippen molar-refractivity contribution in [3.63, 3.8) is 0 Å². The van der Waals surface area contributed by atoms with Crippen LogP contribution in [0.15, 0.2) is 29.2 Å². The lowest BCUT2D eigenvalue weighted by Gasteiger charge is -2.14. The summed E-state index contributed by atoms with van der Waals surface area (Å²) >= 11 is 0. The maximum Gasteiger partial charge on any atom is 0.324 e. The molecule has 0 spiro atoms. The smallest absolute Gasteiger partial charge is 0.324 e. The van der Waals surface area contributed by atoms with Crippen molar-refractivity contribution in [3.05, 3.63) is 34.4 Å². The highest BCUT2D eigenvalue weighted by atomic mass is 32.2. The molecule has 3 atom stereocenters. The molecule has 0 aliphatic carbocycles. The first-order valence-corrected chi connectivity index (χ1v) is 7.68. The first-order chi connectivity index (χ1) is 9.74. The van der Waals surface area contributed by atoms with E-state index < -0.39 is 43.6 Å². The molecule has 1 saturated heterocycles. The average molecular weight is 314 g/mol. The van der Waals surface area contributed by atoms with E-state index in [0.29, 0.717) is 0 Å². The summed E-state index contributed by atoms with van der Waals surface area (Å²) in [5.41, 5.74) is -0.544. The van der Waals surface area contributed by atoms with Crippen LogP contribution in [0, 0.1) is 16.0 Å². The minimum Gasteiger partial charge on any atom is -0.461 e. The molecule has 1 fully saturated rings. The molecule has 0 amide bonds. The second-order valence-electron chi connectivity index (χ2n) is 4.82. The van der Waals surface area contributed by atoms with Crippen molar-refractivity contribution < 1.29 is 22.9 Å². The molecule has 8 nitrogen and oxygen atoms in total. The molecule has 0 aromatic heterocycles. The van der Waals surface area contributed by atoms with Gasteiger partial charge in [-0.25, -0.2) is 8.42 Å². The SMILES string of the molecule is C[C@H]1[C@H](C)OC(=O)[C@H]1NS(=O)(=O)c1ccccc1[N+](=O)[O-]. The Bertz CT molecular complexity index is 687. The monoisotopic (exact) mass is 314 g/mol. The molecule has 9 heteroatoms. The number of cyclic esters (lactones) is 1. The number of para-hydroxylation sites is 1. The fourth-order valence-corrected chi connectivity index (χ4v) is 3.52. The first kappa shape index (κ1) is 15.4. The number of nitro benzene ring substituents is 1. The lowest BCUT2D eigenvalue weighted by Crippen LogP contribution is -2.42. The van der Waals surface area contributed by atoms with Crippen LogP contribution in [0.2, 0.25) is 0 Å². The van der Waals surface area contributed by atoms with Crippen LogP contribution in [-0.2, 0) is 19.6 Å². The van der Waals surface area contributed by atoms with Gasteiger partial charge in [0.25, 0.3) is 5.69 Å². The van der Waals surface area contributed by atoms with Crippen LogP contribution >= 0.6 is 0 Å². The predicted molar refractivity (Wildman–Crippen MR) is 71.9 cm³/mol. The van der Waals surface area contributed by atoms with E-state index in [2.05, 4.69) is 4.72 Å². The van der Waals surface area contributed by atoms with Gasteiger partial charge in [0.05, 0.1) is 4.92 Å². The van der Waals surface area contributed by atoms with Gasteiger partial charge >= 0.3 is 5.97 Å². The Morgan fingerprint density at radius 3 is 2.43 bits per heavy atom. The number of rotatable bonds is 4. The summed E-state index contributed by atoms with van der Waals surface area (Å²) in [6, 6.07) is 3.90. The number of sulfonamides is 1. The largest absolute Gasteiger partial charge is 0.461 e. The number of nitrogens with one attached hydrogen (secondary N) is 1.